The van der Waals surface area contributed by atoms with Crippen molar-refractivity contribution in [2.75, 3.05) is 19.0 Å². The molecule has 2 rings (SSSR count). The van der Waals surface area contributed by atoms with E-state index in [1.54, 1.807) is 55.6 Å². The monoisotopic (exact) mass is 354 g/mol. The Labute approximate surface area is 151 Å². The van der Waals surface area contributed by atoms with Crippen molar-refractivity contribution in [3.8, 4) is 17.6 Å². The Morgan fingerprint density at radius 2 is 1.77 bits per heavy atom. The van der Waals surface area contributed by atoms with Gasteiger partial charge in [0, 0.05) is 0 Å². The zero-order valence-corrected chi connectivity index (χ0v) is 14.4. The number of carbonyl (C=O) groups excluding carboxylic acids is 2. The van der Waals surface area contributed by atoms with Crippen molar-refractivity contribution in [3.05, 3.63) is 54.1 Å². The van der Waals surface area contributed by atoms with Crippen LogP contribution in [0.25, 0.3) is 0 Å². The zero-order valence-electron chi connectivity index (χ0n) is 14.4. The smallest absolute Gasteiger partial charge is 0.344 e. The number of nitrogens with zero attached hydrogens (tertiary/aromatic N) is 1. The van der Waals surface area contributed by atoms with Crippen molar-refractivity contribution in [2.24, 2.45) is 0 Å². The molecule has 0 aliphatic heterocycles. The largest absolute Gasteiger partial charge is 0.497 e. The molecule has 0 radical (unpaired) electrons. The number of hydrogen-bond donors (Lipinski definition) is 1. The lowest BCUT2D eigenvalue weighted by Crippen LogP contribution is -2.31. The first-order chi connectivity index (χ1) is 12.5. The second kappa shape index (κ2) is 9.08. The third-order valence-corrected chi connectivity index (χ3v) is 3.40. The van der Waals surface area contributed by atoms with E-state index < -0.39 is 18.0 Å². The van der Waals surface area contributed by atoms with Crippen molar-refractivity contribution in [2.45, 2.75) is 13.0 Å². The molecule has 0 bridgehead atoms. The van der Waals surface area contributed by atoms with Gasteiger partial charge in [-0.05, 0) is 43.3 Å². The van der Waals surface area contributed by atoms with E-state index in [-0.39, 0.29) is 6.61 Å². The Morgan fingerprint density at radius 1 is 1.12 bits per heavy atom. The highest BCUT2D eigenvalue weighted by Crippen LogP contribution is 2.17. The summed E-state index contributed by atoms with van der Waals surface area (Å²) in [5, 5.41) is 11.6. The maximum Gasteiger partial charge on any atom is 0.344 e. The third-order valence-electron chi connectivity index (χ3n) is 3.40. The number of esters is 1. The molecule has 0 fully saturated rings. The highest BCUT2D eigenvalue weighted by atomic mass is 16.6. The van der Waals surface area contributed by atoms with Crippen molar-refractivity contribution in [3.63, 3.8) is 0 Å². The molecule has 7 heteroatoms. The second-order valence-electron chi connectivity index (χ2n) is 5.24. The van der Waals surface area contributed by atoms with E-state index in [9.17, 15) is 9.59 Å². The predicted octanol–water partition coefficient (Wildman–Crippen LogP) is 2.52. The van der Waals surface area contributed by atoms with Crippen molar-refractivity contribution < 1.29 is 23.8 Å². The normalized spacial score (nSPS) is 11.0. The molecule has 0 aliphatic carbocycles. The first-order valence-corrected chi connectivity index (χ1v) is 7.80. The number of rotatable bonds is 7. The molecule has 0 saturated carbocycles. The maximum absolute atomic E-state index is 12.1. The van der Waals surface area contributed by atoms with E-state index in [1.165, 1.54) is 6.92 Å². The minimum absolute atomic E-state index is 0.321. The molecular weight excluding hydrogens is 336 g/mol. The molecule has 2 aromatic rings. The number of carbonyl (C=O) groups is 2. The average molecular weight is 354 g/mol. The van der Waals surface area contributed by atoms with Gasteiger partial charge in [0.15, 0.2) is 12.7 Å². The molecule has 1 N–H and O–H groups in total. The highest BCUT2D eigenvalue weighted by molar-refractivity contribution is 5.96. The molecule has 0 aromatic heterocycles. The Morgan fingerprint density at radius 3 is 2.42 bits per heavy atom. The average Bonchev–Trinajstić information content (AvgIpc) is 2.67. The quantitative estimate of drug-likeness (QED) is 0.767. The van der Waals surface area contributed by atoms with Gasteiger partial charge in [0.2, 0.25) is 0 Å². The molecule has 0 unspecified atom stereocenters. The van der Waals surface area contributed by atoms with E-state index in [0.717, 1.165) is 0 Å². The summed E-state index contributed by atoms with van der Waals surface area (Å²) < 4.78 is 15.4. The number of benzene rings is 2. The van der Waals surface area contributed by atoms with Crippen LogP contribution in [0.5, 0.6) is 11.5 Å². The van der Waals surface area contributed by atoms with E-state index >= 15 is 0 Å². The van der Waals surface area contributed by atoms with Gasteiger partial charge in [0.05, 0.1) is 18.4 Å². The summed E-state index contributed by atoms with van der Waals surface area (Å²) in [6.45, 7) is 1.11. The minimum Gasteiger partial charge on any atom is -0.497 e. The summed E-state index contributed by atoms with van der Waals surface area (Å²) in [5.74, 6) is -0.0757. The number of anilines is 1. The van der Waals surface area contributed by atoms with Crippen molar-refractivity contribution in [1.29, 1.82) is 5.26 Å². The van der Waals surface area contributed by atoms with Crippen molar-refractivity contribution in [1.82, 2.24) is 0 Å². The van der Waals surface area contributed by atoms with E-state index in [4.69, 9.17) is 19.5 Å². The molecule has 1 amide bonds. The Kier molecular flexibility index (Phi) is 6.57. The molecule has 7 nitrogen and oxygen atoms in total. The summed E-state index contributed by atoms with van der Waals surface area (Å²) in [4.78, 5) is 23.9. The molecule has 0 spiro atoms. The van der Waals surface area contributed by atoms with Crippen LogP contribution in [0.1, 0.15) is 12.5 Å². The molecule has 2 aromatic carbocycles. The lowest BCUT2D eigenvalue weighted by atomic mass is 10.2. The molecule has 1 atom stereocenters. The van der Waals surface area contributed by atoms with Gasteiger partial charge in [0.1, 0.15) is 17.6 Å². The fourth-order valence-corrected chi connectivity index (χ4v) is 2.02. The summed E-state index contributed by atoms with van der Waals surface area (Å²) in [6, 6.07) is 15.2. The lowest BCUT2D eigenvalue weighted by Gasteiger charge is -2.14. The van der Waals surface area contributed by atoms with Crippen LogP contribution in [-0.2, 0) is 14.3 Å². The van der Waals surface area contributed by atoms with Gasteiger partial charge < -0.3 is 19.5 Å². The van der Waals surface area contributed by atoms with Crippen LogP contribution in [-0.4, -0.2) is 31.7 Å². The number of nitriles is 1. The number of para-hydroxylation sites is 1. The van der Waals surface area contributed by atoms with Gasteiger partial charge in [0.25, 0.3) is 5.91 Å². The number of hydrogen-bond acceptors (Lipinski definition) is 6. The van der Waals surface area contributed by atoms with Crippen LogP contribution < -0.4 is 14.8 Å². The summed E-state index contributed by atoms with van der Waals surface area (Å²) in [7, 11) is 1.55. The summed E-state index contributed by atoms with van der Waals surface area (Å²) in [5.41, 5.74) is 0.680. The first-order valence-electron chi connectivity index (χ1n) is 7.80. The Balaban J connectivity index is 1.83. The van der Waals surface area contributed by atoms with Crippen LogP contribution >= 0.6 is 0 Å². The lowest BCUT2D eigenvalue weighted by molar-refractivity contribution is -0.155. The first kappa shape index (κ1) is 18.8. The Hall–Kier alpha value is -3.53. The van der Waals surface area contributed by atoms with Crippen LogP contribution in [0, 0.1) is 11.3 Å². The molecular formula is C19H18N2O5. The van der Waals surface area contributed by atoms with Gasteiger partial charge in [-0.2, -0.15) is 5.26 Å². The fourth-order valence-electron chi connectivity index (χ4n) is 2.02. The fraction of sp³-hybridized carbons (Fsp3) is 0.211. The highest BCUT2D eigenvalue weighted by Gasteiger charge is 2.19. The Bertz CT molecular complexity index is 811. The molecule has 0 heterocycles. The van der Waals surface area contributed by atoms with E-state index in [1.807, 2.05) is 6.07 Å². The second-order valence-corrected chi connectivity index (χ2v) is 5.24. The summed E-state index contributed by atoms with van der Waals surface area (Å²) >= 11 is 0. The van der Waals surface area contributed by atoms with Crippen LogP contribution in [0.15, 0.2) is 48.5 Å². The molecule has 0 saturated heterocycles. The number of ether oxygens (including phenoxy) is 3. The number of nitrogens with one attached hydrogen (secondary N) is 1. The van der Waals surface area contributed by atoms with Crippen molar-refractivity contribution >= 4 is 17.6 Å². The molecule has 0 aliphatic rings. The van der Waals surface area contributed by atoms with Crippen LogP contribution in [0.4, 0.5) is 5.69 Å². The predicted molar refractivity (Wildman–Crippen MR) is 93.8 cm³/mol. The standard InChI is InChI=1S/C19H18N2O5/c1-13(19(23)21-17-6-4-3-5-14(17)11-20)26-18(22)12-25-16-9-7-15(24-2)8-10-16/h3-10,13H,12H2,1-2H3,(H,21,23)/t13-/m1/s1. The van der Waals surface area contributed by atoms with Crippen LogP contribution in [0.3, 0.4) is 0 Å². The van der Waals surface area contributed by atoms with Gasteiger partial charge in [-0.15, -0.1) is 0 Å². The van der Waals surface area contributed by atoms with Gasteiger partial charge in [-0.3, -0.25) is 4.79 Å². The van der Waals surface area contributed by atoms with Crippen LogP contribution in [0.2, 0.25) is 0 Å². The summed E-state index contributed by atoms with van der Waals surface area (Å²) in [6.07, 6.45) is -1.03. The third kappa shape index (κ3) is 5.24. The minimum atomic E-state index is -1.03. The topological polar surface area (TPSA) is 97.7 Å². The van der Waals surface area contributed by atoms with E-state index in [0.29, 0.717) is 22.7 Å². The molecule has 26 heavy (non-hydrogen) atoms. The zero-order chi connectivity index (χ0) is 18.9. The van der Waals surface area contributed by atoms with E-state index in [2.05, 4.69) is 5.32 Å². The SMILES string of the molecule is COc1ccc(OCC(=O)O[C@H](C)C(=O)Nc2ccccc2C#N)cc1. The number of methoxy groups -OCH3 is 1. The maximum atomic E-state index is 12.1. The van der Waals surface area contributed by atoms with Gasteiger partial charge >= 0.3 is 5.97 Å². The number of amides is 1. The van der Waals surface area contributed by atoms with Gasteiger partial charge in [-0.25, -0.2) is 4.79 Å². The molecule has 134 valence electrons. The van der Waals surface area contributed by atoms with Gasteiger partial charge in [-0.1, -0.05) is 12.1 Å².